The van der Waals surface area contributed by atoms with Crippen molar-refractivity contribution in [2.24, 2.45) is 17.8 Å². The van der Waals surface area contributed by atoms with Crippen LogP contribution in [-0.2, 0) is 20.5 Å². The largest absolute Gasteiger partial charge is 0.496 e. The number of likely N-dealkylation sites (tertiary alicyclic amines) is 5. The second-order valence-electron chi connectivity index (χ2n) is 34.2. The van der Waals surface area contributed by atoms with Crippen LogP contribution >= 0.6 is 58.2 Å². The molecule has 3 aliphatic carbocycles. The zero-order valence-corrected chi connectivity index (χ0v) is 71.3. The molecule has 0 spiro atoms. The lowest BCUT2D eigenvalue weighted by molar-refractivity contribution is -0.0413. The Morgan fingerprint density at radius 3 is 1.52 bits per heavy atom. The van der Waals surface area contributed by atoms with Crippen LogP contribution in [0.1, 0.15) is 219 Å². The molecular weight excluding hydrogens is 1490 g/mol. The highest BCUT2D eigenvalue weighted by Gasteiger charge is 2.46. The Labute approximate surface area is 690 Å². The summed E-state index contributed by atoms with van der Waals surface area (Å²) in [4.78, 5) is 13.3. The molecule has 5 aromatic rings. The Balaban J connectivity index is 0.000000129. The van der Waals surface area contributed by atoms with E-state index in [1.807, 2.05) is 54.6 Å². The van der Waals surface area contributed by atoms with E-state index in [1.54, 1.807) is 34.5 Å². The highest BCUT2D eigenvalue weighted by molar-refractivity contribution is 7.99. The number of thioether (sulfide) groups is 1. The number of methoxy groups -OCH3 is 4. The fourth-order valence-electron chi connectivity index (χ4n) is 20.8. The molecular formula is C92H130Cl4N6O8S. The first-order valence-corrected chi connectivity index (χ1v) is 45.3. The molecule has 5 aromatic carbocycles. The molecule has 8 aliphatic heterocycles. The average Bonchev–Trinajstić information content (AvgIpc) is 1.63. The molecule has 8 saturated heterocycles. The highest BCUT2D eigenvalue weighted by Crippen LogP contribution is 2.49. The summed E-state index contributed by atoms with van der Waals surface area (Å²) in [5.41, 5.74) is 5.02. The Hall–Kier alpha value is -4.06. The minimum atomic E-state index is -0.775. The number of fused-ring (bicyclic) bond motifs is 2. The van der Waals surface area contributed by atoms with Crippen molar-refractivity contribution in [2.75, 3.05) is 138 Å². The van der Waals surface area contributed by atoms with Gasteiger partial charge in [-0.05, 0) is 356 Å². The van der Waals surface area contributed by atoms with Crippen molar-refractivity contribution in [1.29, 1.82) is 5.26 Å². The normalized spacial score (nSPS) is 26.1. The van der Waals surface area contributed by atoms with Gasteiger partial charge in [0.05, 0.1) is 51.6 Å². The predicted molar refractivity (Wildman–Crippen MR) is 456 cm³/mol. The standard InChI is InChI=1S/C20H31NO2.C19H26N2O2.C18H23Cl2NO.C18H26ClNO2.C17H24ClNOS/c1-23-20-11-3-2-10-19(20)16-12-14-21(15-13-16)17-6-4-8-18(22)9-5-7-17;1-22-18-5-3-2-4-17(18)19(15-20)8-10-21(11-9-19)14-16-6-12-23-13-7-16;19-15-9-14(10-16(20)11-15)18(22)3-5-21(6-4-18)17-8-12-1-2-13(17)7-12;1-18(7-11-22-12-8-18)20-9-5-14(6-10-20)16-13-15(19)3-4-17(16)21-2;1-20-17-3-2-14(18)12-16(17)13-4-8-19(9-5-13)15-6-10-21-11-7-15/h2-3,10-11,16-18,22H,4-9,12-15H2,1H3;2-5,16H,6-14H2,1H3;9-13,17,22H,1-8H2;3-4,13-14H,5-12H2,1-2H3;2-3,12-13,15H,4-11H2,1H3/t;;12-,13?,17?;;/m..0../s1. The topological polar surface area (TPSA) is 136 Å². The molecule has 0 radical (unpaired) electrons. The first-order chi connectivity index (χ1) is 54.0. The minimum absolute atomic E-state index is 0.0489. The smallest absolute Gasteiger partial charge is 0.123 e. The third-order valence-corrected chi connectivity index (χ3v) is 29.7. The first kappa shape index (κ1) is 86.3. The van der Waals surface area contributed by atoms with Gasteiger partial charge in [-0.15, -0.1) is 0 Å². The molecule has 2 bridgehead atoms. The van der Waals surface area contributed by atoms with Gasteiger partial charge >= 0.3 is 0 Å². The van der Waals surface area contributed by atoms with Crippen LogP contribution in [0.25, 0.3) is 0 Å². The van der Waals surface area contributed by atoms with Crippen molar-refractivity contribution < 1.29 is 38.6 Å². The number of benzene rings is 5. The molecule has 3 saturated carbocycles. The van der Waals surface area contributed by atoms with Crippen molar-refractivity contribution in [1.82, 2.24) is 24.5 Å². The predicted octanol–water partition coefficient (Wildman–Crippen LogP) is 19.9. The molecule has 14 nitrogen and oxygen atoms in total. The number of rotatable bonds is 15. The number of hydrogen-bond acceptors (Lipinski definition) is 15. The van der Waals surface area contributed by atoms with E-state index in [0.717, 1.165) is 204 Å². The second-order valence-corrected chi connectivity index (χ2v) is 37.2. The summed E-state index contributed by atoms with van der Waals surface area (Å²) in [6, 6.07) is 38.9. The van der Waals surface area contributed by atoms with Crippen LogP contribution in [0.3, 0.4) is 0 Å². The number of para-hydroxylation sites is 2. The summed E-state index contributed by atoms with van der Waals surface area (Å²) < 4.78 is 33.1. The first-order valence-electron chi connectivity index (χ1n) is 42.6. The number of nitriles is 1. The third-order valence-electron chi connectivity index (χ3n) is 27.7. The molecule has 16 rings (SSSR count). The summed E-state index contributed by atoms with van der Waals surface area (Å²) >= 11 is 26.7. The molecule has 2 unspecified atom stereocenters. The Kier molecular flexibility index (Phi) is 32.9. The van der Waals surface area contributed by atoms with Gasteiger partial charge in [0, 0.05) is 95.4 Å². The van der Waals surface area contributed by atoms with Gasteiger partial charge in [0.25, 0.3) is 0 Å². The lowest BCUT2D eigenvalue weighted by atomic mass is 9.73. The molecule has 2 N–H and O–H groups in total. The molecule has 0 amide bonds. The SMILES string of the molecule is COc1ccc(Cl)cc1C1CCN(C2(C)CCOCC2)CC1.COc1ccc(Cl)cc1C1CCN(C2CCSCC2)CC1.COc1ccccc1C1(C#N)CCN(CC2CCOCC2)CC1.COc1ccccc1C1CCN(C2CCCC(O)CCC2)CC1.OC1(c2cc(Cl)cc(Cl)c2)CCN(C2C[C@H]3CCC2C3)CC1. The van der Waals surface area contributed by atoms with Gasteiger partial charge in [-0.1, -0.05) is 89.2 Å². The summed E-state index contributed by atoms with van der Waals surface area (Å²) in [6.07, 6.45) is 30.5. The fourth-order valence-corrected chi connectivity index (χ4v) is 22.8. The third kappa shape index (κ3) is 23.2. The number of halogens is 4. The monoisotopic (exact) mass is 1620 g/mol. The summed E-state index contributed by atoms with van der Waals surface area (Å²) in [5, 5.41) is 33.5. The van der Waals surface area contributed by atoms with Crippen LogP contribution in [-0.4, -0.2) is 203 Å². The quantitative estimate of drug-likeness (QED) is 0.103. The number of ether oxygens (including phenoxy) is 6. The van der Waals surface area contributed by atoms with Crippen molar-refractivity contribution in [3.05, 3.63) is 151 Å². The van der Waals surface area contributed by atoms with Crippen molar-refractivity contribution >= 4 is 58.2 Å². The van der Waals surface area contributed by atoms with Crippen LogP contribution in [0, 0.1) is 29.1 Å². The van der Waals surface area contributed by atoms with Crippen molar-refractivity contribution in [3.63, 3.8) is 0 Å². The summed E-state index contributed by atoms with van der Waals surface area (Å²) in [7, 11) is 6.95. The van der Waals surface area contributed by atoms with Gasteiger partial charge in [-0.3, -0.25) is 9.80 Å². The zero-order chi connectivity index (χ0) is 77.7. The van der Waals surface area contributed by atoms with Crippen LogP contribution in [0.15, 0.2) is 103 Å². The molecule has 610 valence electrons. The van der Waals surface area contributed by atoms with E-state index in [4.69, 9.17) is 74.8 Å². The van der Waals surface area contributed by atoms with Crippen LogP contribution in [0.2, 0.25) is 20.1 Å². The second kappa shape index (κ2) is 42.4. The van der Waals surface area contributed by atoms with Gasteiger partial charge in [0.1, 0.15) is 23.0 Å². The van der Waals surface area contributed by atoms with Crippen LogP contribution in [0.4, 0.5) is 0 Å². The maximum Gasteiger partial charge on any atom is 0.123 e. The van der Waals surface area contributed by atoms with Gasteiger partial charge in [-0.25, -0.2) is 0 Å². The van der Waals surface area contributed by atoms with Crippen molar-refractivity contribution in [3.8, 4) is 29.1 Å². The zero-order valence-electron chi connectivity index (χ0n) is 67.4. The van der Waals surface area contributed by atoms with E-state index in [-0.39, 0.29) is 6.10 Å². The fraction of sp³-hybridized carbons (Fsp3) is 0.663. The average molecular weight is 1620 g/mol. The van der Waals surface area contributed by atoms with E-state index in [1.165, 1.54) is 170 Å². The lowest BCUT2D eigenvalue weighted by Crippen LogP contribution is -2.52. The molecule has 19 heteroatoms. The molecule has 11 fully saturated rings. The van der Waals surface area contributed by atoms with E-state index >= 15 is 0 Å². The molecule has 8 heterocycles. The van der Waals surface area contributed by atoms with E-state index in [9.17, 15) is 15.5 Å². The minimum Gasteiger partial charge on any atom is -0.496 e. The van der Waals surface area contributed by atoms with Gasteiger partial charge < -0.3 is 53.3 Å². The molecule has 111 heavy (non-hydrogen) atoms. The number of nitrogens with zero attached hydrogens (tertiary/aromatic N) is 6. The van der Waals surface area contributed by atoms with Gasteiger partial charge in [-0.2, -0.15) is 17.0 Å². The number of aliphatic hydroxyl groups excluding tert-OH is 1. The summed E-state index contributed by atoms with van der Waals surface area (Å²) in [5.74, 6) is 11.0. The van der Waals surface area contributed by atoms with Gasteiger partial charge in [0.15, 0.2) is 0 Å². The van der Waals surface area contributed by atoms with E-state index < -0.39 is 11.0 Å². The Bertz CT molecular complexity index is 3650. The molecule has 11 aliphatic rings. The maximum absolute atomic E-state index is 11.0. The Morgan fingerprint density at radius 2 is 0.991 bits per heavy atom. The highest BCUT2D eigenvalue weighted by atomic mass is 35.5. The molecule has 3 atom stereocenters. The Morgan fingerprint density at radius 1 is 0.486 bits per heavy atom. The van der Waals surface area contributed by atoms with Crippen molar-refractivity contribution in [2.45, 2.75) is 232 Å². The number of aliphatic hydroxyl groups is 2. The van der Waals surface area contributed by atoms with Crippen LogP contribution in [0.5, 0.6) is 23.0 Å². The summed E-state index contributed by atoms with van der Waals surface area (Å²) in [6.45, 7) is 18.2. The van der Waals surface area contributed by atoms with Gasteiger partial charge in [0.2, 0.25) is 0 Å². The van der Waals surface area contributed by atoms with E-state index in [0.29, 0.717) is 33.3 Å². The number of piperidine rings is 5. The number of hydrogen-bond donors (Lipinski definition) is 2. The molecule has 0 aromatic heterocycles. The maximum atomic E-state index is 11.0. The van der Waals surface area contributed by atoms with E-state index in [2.05, 4.69) is 91.7 Å². The lowest BCUT2D eigenvalue weighted by Gasteiger charge is -2.47. The van der Waals surface area contributed by atoms with Crippen LogP contribution < -0.4 is 18.9 Å².